The summed E-state index contributed by atoms with van der Waals surface area (Å²) < 4.78 is 34.3. The number of aliphatic hydroxyl groups excluding tert-OH is 1. The maximum absolute atomic E-state index is 12.7. The third kappa shape index (κ3) is 45.3. The third-order valence-corrected chi connectivity index (χ3v) is 10.8. The smallest absolute Gasteiger partial charge is 0.462 e. The summed E-state index contributed by atoms with van der Waals surface area (Å²) in [7, 11) is 1.40. The Morgan fingerprint density at radius 3 is 1.70 bits per heavy atom. The lowest BCUT2D eigenvalue weighted by atomic mass is 10.0. The van der Waals surface area contributed by atoms with E-state index in [1.165, 1.54) is 83.5 Å². The Hall–Kier alpha value is -2.59. The molecule has 0 heterocycles. The first-order chi connectivity index (χ1) is 29.4. The molecule has 0 radical (unpaired) electrons. The van der Waals surface area contributed by atoms with Crippen molar-refractivity contribution in [2.45, 2.75) is 187 Å². The van der Waals surface area contributed by atoms with Gasteiger partial charge in [-0.15, -0.1) is 0 Å². The molecule has 0 fully saturated rings. The number of carbonyl (C=O) groups excluding carboxylic acids is 2. The summed E-state index contributed by atoms with van der Waals surface area (Å²) in [6, 6.07) is 0. The van der Waals surface area contributed by atoms with Gasteiger partial charge in [-0.25, -0.2) is 4.57 Å². The summed E-state index contributed by atoms with van der Waals surface area (Å²) >= 11 is 0. The van der Waals surface area contributed by atoms with Crippen LogP contribution in [0.5, 0.6) is 0 Å². The molecule has 0 bridgehead atoms. The highest BCUT2D eigenvalue weighted by atomic mass is 31.2. The van der Waals surface area contributed by atoms with Crippen LogP contribution in [-0.4, -0.2) is 86.1 Å². The number of allylic oxidation sites excluding steroid dienone is 10. The number of hydrogen-bond acceptors (Lipinski definition) is 8. The SMILES string of the molecule is CC/C=C\C/C=C\CC(O)/C=C/C=C\C/C=C\C/C=C\CCC(=O)OC[C@H](COP(=O)(O)OCC[N+](C)(C)C)OC(=O)CCCCCCCCCCCCCCCCCCC. The Kier molecular flexibility index (Phi) is 39.7. The molecule has 0 aromatic rings. The summed E-state index contributed by atoms with van der Waals surface area (Å²) in [4.78, 5) is 35.4. The Balaban J connectivity index is 4.48. The van der Waals surface area contributed by atoms with Gasteiger partial charge < -0.3 is 24.0 Å². The topological polar surface area (TPSA) is 129 Å². The van der Waals surface area contributed by atoms with E-state index < -0.39 is 38.6 Å². The Morgan fingerprint density at radius 2 is 1.13 bits per heavy atom. The minimum atomic E-state index is -4.41. The molecule has 2 N–H and O–H groups in total. The number of unbranched alkanes of at least 4 members (excludes halogenated alkanes) is 16. The number of rotatable bonds is 42. The summed E-state index contributed by atoms with van der Waals surface area (Å²) in [6.45, 7) is 4.15. The molecule has 0 saturated heterocycles. The van der Waals surface area contributed by atoms with Crippen molar-refractivity contribution in [1.29, 1.82) is 0 Å². The van der Waals surface area contributed by atoms with Gasteiger partial charge in [0.25, 0.3) is 0 Å². The molecular formula is C50H89NO9P+. The van der Waals surface area contributed by atoms with E-state index >= 15 is 0 Å². The van der Waals surface area contributed by atoms with Gasteiger partial charge in [0.15, 0.2) is 6.10 Å². The first-order valence-corrected chi connectivity index (χ1v) is 25.3. The van der Waals surface area contributed by atoms with E-state index in [9.17, 15) is 24.2 Å². The van der Waals surface area contributed by atoms with Crippen molar-refractivity contribution in [1.82, 2.24) is 0 Å². The molecule has 3 atom stereocenters. The van der Waals surface area contributed by atoms with Gasteiger partial charge in [-0.05, 0) is 44.9 Å². The van der Waals surface area contributed by atoms with Gasteiger partial charge in [-0.1, -0.05) is 189 Å². The second kappa shape index (κ2) is 41.4. The molecule has 0 aliphatic heterocycles. The maximum Gasteiger partial charge on any atom is 0.472 e. The van der Waals surface area contributed by atoms with E-state index in [0.29, 0.717) is 30.3 Å². The molecule has 0 aliphatic rings. The molecule has 0 aromatic heterocycles. The molecule has 0 aromatic carbocycles. The molecule has 2 unspecified atom stereocenters. The monoisotopic (exact) mass is 879 g/mol. The van der Waals surface area contributed by atoms with Gasteiger partial charge in [-0.3, -0.25) is 18.6 Å². The Labute approximate surface area is 372 Å². The first-order valence-electron chi connectivity index (χ1n) is 23.8. The van der Waals surface area contributed by atoms with Crippen molar-refractivity contribution in [2.24, 2.45) is 0 Å². The van der Waals surface area contributed by atoms with Crippen LogP contribution in [-0.2, 0) is 32.7 Å². The highest BCUT2D eigenvalue weighted by Gasteiger charge is 2.27. The van der Waals surface area contributed by atoms with Gasteiger partial charge in [0, 0.05) is 12.8 Å². The number of phosphoric ester groups is 1. The van der Waals surface area contributed by atoms with Crippen LogP contribution in [0.25, 0.3) is 0 Å². The fraction of sp³-hybridized carbons (Fsp3) is 0.720. The molecule has 0 rings (SSSR count). The summed E-state index contributed by atoms with van der Waals surface area (Å²) in [6.07, 6.45) is 48.5. The van der Waals surface area contributed by atoms with E-state index in [1.54, 1.807) is 6.08 Å². The highest BCUT2D eigenvalue weighted by molar-refractivity contribution is 7.47. The summed E-state index contributed by atoms with van der Waals surface area (Å²) in [5, 5.41) is 10.0. The first kappa shape index (κ1) is 58.4. The fourth-order valence-electron chi connectivity index (χ4n) is 6.12. The Morgan fingerprint density at radius 1 is 0.607 bits per heavy atom. The molecule has 11 heteroatoms. The van der Waals surface area contributed by atoms with Gasteiger partial charge in [-0.2, -0.15) is 0 Å². The lowest BCUT2D eigenvalue weighted by Gasteiger charge is -2.24. The minimum absolute atomic E-state index is 0.0101. The molecule has 0 amide bonds. The van der Waals surface area contributed by atoms with E-state index in [1.807, 2.05) is 63.7 Å². The second-order valence-electron chi connectivity index (χ2n) is 17.0. The third-order valence-electron chi connectivity index (χ3n) is 9.84. The average Bonchev–Trinajstić information content (AvgIpc) is 3.21. The van der Waals surface area contributed by atoms with Crippen molar-refractivity contribution in [2.75, 3.05) is 47.5 Å². The van der Waals surface area contributed by atoms with Crippen LogP contribution in [0.1, 0.15) is 174 Å². The van der Waals surface area contributed by atoms with E-state index in [4.69, 9.17) is 18.5 Å². The minimum Gasteiger partial charge on any atom is -0.462 e. The zero-order valence-corrected chi connectivity index (χ0v) is 40.1. The molecule has 10 nitrogen and oxygen atoms in total. The molecular weight excluding hydrogens is 790 g/mol. The summed E-state index contributed by atoms with van der Waals surface area (Å²) in [5.41, 5.74) is 0. The normalized spacial score (nSPS) is 14.7. The maximum atomic E-state index is 12.7. The highest BCUT2D eigenvalue weighted by Crippen LogP contribution is 2.43. The van der Waals surface area contributed by atoms with Crippen LogP contribution in [0.2, 0.25) is 0 Å². The number of likely N-dealkylation sites (N-methyl/N-ethyl adjacent to an activating group) is 1. The van der Waals surface area contributed by atoms with Crippen LogP contribution in [0.4, 0.5) is 0 Å². The van der Waals surface area contributed by atoms with Gasteiger partial charge in [0.2, 0.25) is 0 Å². The zero-order valence-electron chi connectivity index (χ0n) is 39.2. The lowest BCUT2D eigenvalue weighted by molar-refractivity contribution is -0.870. The second-order valence-corrected chi connectivity index (χ2v) is 18.4. The lowest BCUT2D eigenvalue weighted by Crippen LogP contribution is -2.37. The van der Waals surface area contributed by atoms with Gasteiger partial charge in [0.05, 0.1) is 33.9 Å². The predicted molar refractivity (Wildman–Crippen MR) is 253 cm³/mol. The van der Waals surface area contributed by atoms with Crippen LogP contribution >= 0.6 is 7.82 Å². The van der Waals surface area contributed by atoms with Crippen LogP contribution in [0, 0.1) is 0 Å². The van der Waals surface area contributed by atoms with Gasteiger partial charge >= 0.3 is 19.8 Å². The molecule has 0 spiro atoms. The largest absolute Gasteiger partial charge is 0.472 e. The number of carbonyl (C=O) groups is 2. The van der Waals surface area contributed by atoms with Gasteiger partial charge in [0.1, 0.15) is 19.8 Å². The van der Waals surface area contributed by atoms with Crippen LogP contribution in [0.3, 0.4) is 0 Å². The number of aliphatic hydroxyl groups is 1. The molecule has 352 valence electrons. The number of hydrogen-bond donors (Lipinski definition) is 2. The standard InChI is InChI=1S/C50H88NO9P/c1-6-8-10-12-14-15-16-17-18-19-20-21-22-27-30-34-38-42-50(54)60-48(46-59-61(55,56)58-44-43-51(3,4)5)45-57-49(53)41-37-33-29-26-24-23-25-28-32-36-40-47(52)39-35-31-13-11-9-7-2/h9,11,23-24,28-29,31-33,35-36,40,47-48,52H,6-8,10,12-22,25-27,30,34,37-39,41-46H2,1-5H3/p+1/b11-9-,24-23-,32-28-,33-29-,35-31-,40-36+/t47?,48-/m1/s1. The number of nitrogens with zero attached hydrogens (tertiary/aromatic N) is 1. The predicted octanol–water partition coefficient (Wildman–Crippen LogP) is 12.8. The van der Waals surface area contributed by atoms with E-state index in [2.05, 4.69) is 38.2 Å². The molecule has 0 saturated carbocycles. The molecule has 0 aliphatic carbocycles. The number of esters is 2. The summed E-state index contributed by atoms with van der Waals surface area (Å²) in [5.74, 6) is -0.926. The van der Waals surface area contributed by atoms with Crippen molar-refractivity contribution >= 4 is 19.8 Å². The number of ether oxygens (including phenoxy) is 2. The number of quaternary nitrogens is 1. The average molecular weight is 879 g/mol. The van der Waals surface area contributed by atoms with Crippen molar-refractivity contribution in [3.05, 3.63) is 72.9 Å². The van der Waals surface area contributed by atoms with Crippen molar-refractivity contribution < 1.29 is 47.2 Å². The number of phosphoric acid groups is 1. The Bertz CT molecular complexity index is 1280. The quantitative estimate of drug-likeness (QED) is 0.0154. The van der Waals surface area contributed by atoms with E-state index in [-0.39, 0.29) is 26.1 Å². The van der Waals surface area contributed by atoms with Crippen molar-refractivity contribution in [3.63, 3.8) is 0 Å². The van der Waals surface area contributed by atoms with Crippen molar-refractivity contribution in [3.8, 4) is 0 Å². The zero-order chi connectivity index (χ0) is 45.1. The van der Waals surface area contributed by atoms with Crippen LogP contribution in [0.15, 0.2) is 72.9 Å². The fourth-order valence-corrected chi connectivity index (χ4v) is 6.87. The van der Waals surface area contributed by atoms with E-state index in [0.717, 1.165) is 44.9 Å². The molecule has 61 heavy (non-hydrogen) atoms. The van der Waals surface area contributed by atoms with Crippen LogP contribution < -0.4 is 0 Å².